The maximum atomic E-state index is 11.7. The lowest BCUT2D eigenvalue weighted by Gasteiger charge is -2.32. The van der Waals surface area contributed by atoms with Gasteiger partial charge in [-0.2, -0.15) is 0 Å². The summed E-state index contributed by atoms with van der Waals surface area (Å²) in [5.74, 6) is -0.329. The van der Waals surface area contributed by atoms with Gasteiger partial charge in [0.1, 0.15) is 0 Å². The highest BCUT2D eigenvalue weighted by Gasteiger charge is 2.34. The Kier molecular flexibility index (Phi) is 3.66. The maximum Gasteiger partial charge on any atom is 0.250 e. The quantitative estimate of drug-likeness (QED) is 0.883. The number of aryl methyl sites for hydroxylation is 1. The molecule has 20 heavy (non-hydrogen) atoms. The van der Waals surface area contributed by atoms with E-state index in [4.69, 9.17) is 5.73 Å². The molecule has 0 spiro atoms. The van der Waals surface area contributed by atoms with Crippen molar-refractivity contribution in [3.63, 3.8) is 0 Å². The molecule has 3 rings (SSSR count). The zero-order valence-corrected chi connectivity index (χ0v) is 12.1. The van der Waals surface area contributed by atoms with Crippen molar-refractivity contribution in [1.82, 2.24) is 5.32 Å². The number of anilines is 1. The molecule has 0 saturated carbocycles. The van der Waals surface area contributed by atoms with Crippen LogP contribution in [0.15, 0.2) is 18.2 Å². The van der Waals surface area contributed by atoms with Gasteiger partial charge in [0.05, 0.1) is 11.3 Å². The van der Waals surface area contributed by atoms with Gasteiger partial charge in [0, 0.05) is 18.6 Å². The first-order chi connectivity index (χ1) is 9.66. The van der Waals surface area contributed by atoms with Crippen molar-refractivity contribution in [3.8, 4) is 0 Å². The average Bonchev–Trinajstić information content (AvgIpc) is 3.09. The number of nitrogens with zero attached hydrogens (tertiary/aromatic N) is 1. The third kappa shape index (κ3) is 2.40. The predicted octanol–water partition coefficient (Wildman–Crippen LogP) is 1.81. The summed E-state index contributed by atoms with van der Waals surface area (Å²) in [5, 5.41) is 3.60. The number of hydrogen-bond donors (Lipinski definition) is 2. The van der Waals surface area contributed by atoms with Gasteiger partial charge in [0.15, 0.2) is 0 Å². The molecule has 1 amide bonds. The maximum absolute atomic E-state index is 11.7. The Bertz CT molecular complexity index is 508. The van der Waals surface area contributed by atoms with Crippen LogP contribution in [0, 0.1) is 6.92 Å². The second kappa shape index (κ2) is 5.44. The van der Waals surface area contributed by atoms with Gasteiger partial charge in [-0.05, 0) is 56.8 Å². The molecule has 2 saturated heterocycles. The van der Waals surface area contributed by atoms with Gasteiger partial charge in [-0.25, -0.2) is 0 Å². The molecule has 2 unspecified atom stereocenters. The molecule has 0 bridgehead atoms. The molecule has 0 aliphatic carbocycles. The first kappa shape index (κ1) is 13.4. The molecule has 4 heteroatoms. The lowest BCUT2D eigenvalue weighted by molar-refractivity contribution is 0.100. The summed E-state index contributed by atoms with van der Waals surface area (Å²) in [6.07, 6.45) is 4.88. The van der Waals surface area contributed by atoms with E-state index in [9.17, 15) is 4.79 Å². The van der Waals surface area contributed by atoms with Crippen molar-refractivity contribution in [2.24, 2.45) is 5.73 Å². The average molecular weight is 273 g/mol. The second-order valence-corrected chi connectivity index (χ2v) is 5.99. The van der Waals surface area contributed by atoms with Crippen LogP contribution in [-0.2, 0) is 0 Å². The zero-order chi connectivity index (χ0) is 14.1. The molecule has 2 atom stereocenters. The van der Waals surface area contributed by atoms with Crippen LogP contribution >= 0.6 is 0 Å². The van der Waals surface area contributed by atoms with Crippen molar-refractivity contribution >= 4 is 11.6 Å². The van der Waals surface area contributed by atoms with Crippen LogP contribution in [0.3, 0.4) is 0 Å². The Balaban J connectivity index is 1.94. The number of amides is 1. The fraction of sp³-hybridized carbons (Fsp3) is 0.562. The van der Waals surface area contributed by atoms with Gasteiger partial charge in [0.25, 0.3) is 5.91 Å². The molecule has 108 valence electrons. The standard InChI is InChI=1S/C16H23N3O/c1-11-6-7-12(16(17)20)15(10-11)19-9-3-5-14(19)13-4-2-8-18-13/h6-7,10,13-14,18H,2-5,8-9H2,1H3,(H2,17,20). The van der Waals surface area contributed by atoms with Crippen molar-refractivity contribution < 1.29 is 4.79 Å². The fourth-order valence-corrected chi connectivity index (χ4v) is 3.64. The minimum Gasteiger partial charge on any atom is -0.366 e. The highest BCUT2D eigenvalue weighted by atomic mass is 16.1. The summed E-state index contributed by atoms with van der Waals surface area (Å²) >= 11 is 0. The second-order valence-electron chi connectivity index (χ2n) is 5.99. The van der Waals surface area contributed by atoms with E-state index in [0.717, 1.165) is 18.8 Å². The van der Waals surface area contributed by atoms with Gasteiger partial charge in [-0.15, -0.1) is 0 Å². The van der Waals surface area contributed by atoms with E-state index >= 15 is 0 Å². The third-order valence-electron chi connectivity index (χ3n) is 4.59. The van der Waals surface area contributed by atoms with E-state index in [1.165, 1.54) is 31.2 Å². The molecule has 4 nitrogen and oxygen atoms in total. The smallest absolute Gasteiger partial charge is 0.250 e. The molecule has 2 aliphatic heterocycles. The van der Waals surface area contributed by atoms with E-state index < -0.39 is 0 Å². The van der Waals surface area contributed by atoms with Crippen LogP contribution in [0.4, 0.5) is 5.69 Å². The Hall–Kier alpha value is -1.55. The molecular weight excluding hydrogens is 250 g/mol. The molecule has 3 N–H and O–H groups in total. The number of primary amides is 1. The van der Waals surface area contributed by atoms with Crippen LogP contribution in [0.2, 0.25) is 0 Å². The zero-order valence-electron chi connectivity index (χ0n) is 12.1. The molecule has 2 heterocycles. The van der Waals surface area contributed by atoms with E-state index in [2.05, 4.69) is 23.2 Å². The van der Waals surface area contributed by atoms with Crippen molar-refractivity contribution in [1.29, 1.82) is 0 Å². The van der Waals surface area contributed by atoms with Crippen molar-refractivity contribution in [2.75, 3.05) is 18.0 Å². The number of carbonyl (C=O) groups excluding carboxylic acids is 1. The summed E-state index contributed by atoms with van der Waals surface area (Å²) in [5.41, 5.74) is 8.40. The number of hydrogen-bond acceptors (Lipinski definition) is 3. The molecule has 1 aromatic carbocycles. The molecule has 2 aliphatic rings. The third-order valence-corrected chi connectivity index (χ3v) is 4.59. The summed E-state index contributed by atoms with van der Waals surface area (Å²) in [4.78, 5) is 14.1. The molecular formula is C16H23N3O. The van der Waals surface area contributed by atoms with Crippen LogP contribution in [0.5, 0.6) is 0 Å². The Morgan fingerprint density at radius 2 is 2.20 bits per heavy atom. The normalized spacial score (nSPS) is 26.1. The van der Waals surface area contributed by atoms with Gasteiger partial charge in [0.2, 0.25) is 0 Å². The highest BCUT2D eigenvalue weighted by molar-refractivity contribution is 5.99. The minimum absolute atomic E-state index is 0.329. The highest BCUT2D eigenvalue weighted by Crippen LogP contribution is 2.32. The first-order valence-electron chi connectivity index (χ1n) is 7.57. The largest absolute Gasteiger partial charge is 0.366 e. The SMILES string of the molecule is Cc1ccc(C(N)=O)c(N2CCCC2C2CCCN2)c1. The Morgan fingerprint density at radius 3 is 2.90 bits per heavy atom. The lowest BCUT2D eigenvalue weighted by Crippen LogP contribution is -2.44. The number of rotatable bonds is 3. The number of carbonyl (C=O) groups is 1. The van der Waals surface area contributed by atoms with Crippen LogP contribution in [-0.4, -0.2) is 31.1 Å². The van der Waals surface area contributed by atoms with Crippen LogP contribution in [0.25, 0.3) is 0 Å². The molecule has 2 fully saturated rings. The van der Waals surface area contributed by atoms with Crippen molar-refractivity contribution in [3.05, 3.63) is 29.3 Å². The number of nitrogens with one attached hydrogen (secondary N) is 1. The van der Waals surface area contributed by atoms with E-state index in [1.807, 2.05) is 12.1 Å². The first-order valence-corrected chi connectivity index (χ1v) is 7.57. The van der Waals surface area contributed by atoms with E-state index in [0.29, 0.717) is 17.6 Å². The predicted molar refractivity (Wildman–Crippen MR) is 81.1 cm³/mol. The number of benzene rings is 1. The molecule has 0 aromatic heterocycles. The monoisotopic (exact) mass is 273 g/mol. The van der Waals surface area contributed by atoms with E-state index in [1.54, 1.807) is 0 Å². The van der Waals surface area contributed by atoms with E-state index in [-0.39, 0.29) is 5.91 Å². The molecule has 0 radical (unpaired) electrons. The fourth-order valence-electron chi connectivity index (χ4n) is 3.64. The summed E-state index contributed by atoms with van der Waals surface area (Å²) in [6, 6.07) is 6.98. The van der Waals surface area contributed by atoms with Gasteiger partial charge >= 0.3 is 0 Å². The number of nitrogens with two attached hydrogens (primary N) is 1. The molecule has 1 aromatic rings. The summed E-state index contributed by atoms with van der Waals surface area (Å²) in [7, 11) is 0. The van der Waals surface area contributed by atoms with Gasteiger partial charge < -0.3 is 16.0 Å². The Morgan fingerprint density at radius 1 is 1.35 bits per heavy atom. The summed E-state index contributed by atoms with van der Waals surface area (Å²) < 4.78 is 0. The minimum atomic E-state index is -0.329. The summed E-state index contributed by atoms with van der Waals surface area (Å²) in [6.45, 7) is 4.20. The van der Waals surface area contributed by atoms with Crippen molar-refractivity contribution in [2.45, 2.75) is 44.7 Å². The van der Waals surface area contributed by atoms with Crippen LogP contribution < -0.4 is 16.0 Å². The topological polar surface area (TPSA) is 58.4 Å². The van der Waals surface area contributed by atoms with Gasteiger partial charge in [-0.3, -0.25) is 4.79 Å². The Labute approximate surface area is 120 Å². The lowest BCUT2D eigenvalue weighted by atomic mass is 10.0. The van der Waals surface area contributed by atoms with Crippen LogP contribution in [0.1, 0.15) is 41.6 Å². The van der Waals surface area contributed by atoms with Gasteiger partial charge in [-0.1, -0.05) is 6.07 Å².